The molecule has 170 valence electrons. The molecule has 1 aliphatic rings. The maximum absolute atomic E-state index is 6.33. The summed E-state index contributed by atoms with van der Waals surface area (Å²) in [4.78, 5) is 0. The summed E-state index contributed by atoms with van der Waals surface area (Å²) in [6.45, 7) is 1.99. The largest absolute Gasteiger partial charge is 1.00 e. The minimum atomic E-state index is 0. The Bertz CT molecular complexity index is 1280. The fourth-order valence-corrected chi connectivity index (χ4v) is 4.27. The van der Waals surface area contributed by atoms with Crippen LogP contribution in [-0.4, -0.2) is 6.79 Å². The molecule has 4 aromatic rings. The van der Waals surface area contributed by atoms with Gasteiger partial charge in [-0.05, 0) is 46.7 Å². The molecule has 0 spiro atoms. The zero-order chi connectivity index (χ0) is 21.9. The summed E-state index contributed by atoms with van der Waals surface area (Å²) >= 11 is 12.3. The molecule has 0 radical (unpaired) electrons. The lowest BCUT2D eigenvalue weighted by atomic mass is 10.0. The van der Waals surface area contributed by atoms with Gasteiger partial charge in [-0.1, -0.05) is 65.7 Å². The zero-order valence-electron chi connectivity index (χ0n) is 17.6. The summed E-state index contributed by atoms with van der Waals surface area (Å²) < 4.78 is 17.1. The van der Waals surface area contributed by atoms with Crippen LogP contribution in [0.25, 0.3) is 10.8 Å². The summed E-state index contributed by atoms with van der Waals surface area (Å²) in [6.07, 6.45) is 0. The van der Waals surface area contributed by atoms with Crippen molar-refractivity contribution in [3.63, 3.8) is 0 Å². The highest BCUT2D eigenvalue weighted by Gasteiger charge is 2.14. The Morgan fingerprint density at radius 3 is 2.58 bits per heavy atom. The molecular formula is C26H21Cl3NO3-. The first-order chi connectivity index (χ1) is 15.7. The number of halogens is 3. The van der Waals surface area contributed by atoms with Gasteiger partial charge in [-0.15, -0.1) is 0 Å². The number of hydrogen-bond donors (Lipinski definition) is 1. The zero-order valence-corrected chi connectivity index (χ0v) is 19.9. The fraction of sp³-hybridized carbons (Fsp3) is 0.154. The lowest BCUT2D eigenvalue weighted by Crippen LogP contribution is -3.00. The van der Waals surface area contributed by atoms with Gasteiger partial charge in [-0.25, -0.2) is 0 Å². The third-order valence-electron chi connectivity index (χ3n) is 5.46. The van der Waals surface area contributed by atoms with Crippen LogP contribution in [0.2, 0.25) is 10.0 Å². The molecule has 4 nitrogen and oxygen atoms in total. The average Bonchev–Trinajstić information content (AvgIpc) is 3.27. The van der Waals surface area contributed by atoms with Gasteiger partial charge in [-0.3, -0.25) is 0 Å². The minimum absolute atomic E-state index is 0. The highest BCUT2D eigenvalue weighted by molar-refractivity contribution is 6.35. The first kappa shape index (κ1) is 23.5. The topological polar surface area (TPSA) is 39.7 Å². The summed E-state index contributed by atoms with van der Waals surface area (Å²) in [5, 5.41) is 7.07. The second kappa shape index (κ2) is 10.5. The van der Waals surface area contributed by atoms with Gasteiger partial charge in [0.1, 0.15) is 12.4 Å². The van der Waals surface area contributed by atoms with E-state index in [1.807, 2.05) is 48.5 Å². The van der Waals surface area contributed by atoms with Crippen LogP contribution in [0.4, 0.5) is 0 Å². The van der Waals surface area contributed by atoms with E-state index in [1.54, 1.807) is 6.07 Å². The van der Waals surface area contributed by atoms with E-state index in [-0.39, 0.29) is 19.2 Å². The second-order valence-electron chi connectivity index (χ2n) is 7.58. The molecule has 0 aliphatic carbocycles. The minimum Gasteiger partial charge on any atom is -1.00 e. The molecule has 0 aromatic heterocycles. The first-order valence-corrected chi connectivity index (χ1v) is 11.1. The third kappa shape index (κ3) is 5.31. The van der Waals surface area contributed by atoms with Gasteiger partial charge in [0.05, 0.1) is 0 Å². The van der Waals surface area contributed by atoms with E-state index in [0.717, 1.165) is 39.3 Å². The van der Waals surface area contributed by atoms with Gasteiger partial charge in [0.15, 0.2) is 11.5 Å². The van der Waals surface area contributed by atoms with E-state index < -0.39 is 0 Å². The molecule has 0 atom stereocenters. The molecule has 0 fully saturated rings. The van der Waals surface area contributed by atoms with Crippen LogP contribution in [0.5, 0.6) is 17.2 Å². The van der Waals surface area contributed by atoms with Crippen molar-refractivity contribution in [1.29, 1.82) is 0 Å². The Labute approximate surface area is 208 Å². The molecule has 0 bridgehead atoms. The molecule has 1 heterocycles. The van der Waals surface area contributed by atoms with Crippen molar-refractivity contribution < 1.29 is 26.6 Å². The van der Waals surface area contributed by atoms with Gasteiger partial charge in [0.2, 0.25) is 6.79 Å². The van der Waals surface area contributed by atoms with Crippen LogP contribution in [0.3, 0.4) is 0 Å². The number of ether oxygens (including phenoxy) is 3. The molecule has 7 heteroatoms. The number of hydrogen-bond acceptors (Lipinski definition) is 4. The molecule has 4 aromatic carbocycles. The molecule has 1 aliphatic heterocycles. The Balaban J connectivity index is 0.00000259. The van der Waals surface area contributed by atoms with Crippen LogP contribution < -0.4 is 31.9 Å². The van der Waals surface area contributed by atoms with Crippen LogP contribution in [0, 0.1) is 0 Å². The standard InChI is InChI=1S/C26H21Cl2NO3.ClH/c27-20-8-6-19(23(28)12-20)15-30-24-10-7-18-3-1-2-4-21(18)22(24)14-29-13-17-5-9-25-26(11-17)32-16-31-25;/h1-12,29H,13-16H2;1H/p-1. The number of benzene rings is 4. The molecule has 0 saturated carbocycles. The van der Waals surface area contributed by atoms with Crippen molar-refractivity contribution in [1.82, 2.24) is 5.32 Å². The van der Waals surface area contributed by atoms with E-state index in [9.17, 15) is 0 Å². The normalized spacial score (nSPS) is 11.9. The Kier molecular flexibility index (Phi) is 7.51. The molecule has 1 N–H and O–H groups in total. The van der Waals surface area contributed by atoms with Crippen LogP contribution in [0.1, 0.15) is 16.7 Å². The van der Waals surface area contributed by atoms with Crippen LogP contribution in [-0.2, 0) is 19.7 Å². The van der Waals surface area contributed by atoms with Crippen molar-refractivity contribution in [3.8, 4) is 17.2 Å². The summed E-state index contributed by atoms with van der Waals surface area (Å²) in [7, 11) is 0. The highest BCUT2D eigenvalue weighted by atomic mass is 35.5. The Morgan fingerprint density at radius 2 is 1.70 bits per heavy atom. The molecule has 0 saturated heterocycles. The van der Waals surface area contributed by atoms with Gasteiger partial charge in [-0.2, -0.15) is 0 Å². The van der Waals surface area contributed by atoms with Crippen LogP contribution >= 0.6 is 23.2 Å². The molecular weight excluding hydrogens is 481 g/mol. The molecule has 33 heavy (non-hydrogen) atoms. The number of fused-ring (bicyclic) bond motifs is 2. The third-order valence-corrected chi connectivity index (χ3v) is 6.05. The quantitative estimate of drug-likeness (QED) is 0.419. The highest BCUT2D eigenvalue weighted by Crippen LogP contribution is 2.33. The Morgan fingerprint density at radius 1 is 0.848 bits per heavy atom. The number of nitrogens with one attached hydrogen (secondary N) is 1. The first-order valence-electron chi connectivity index (χ1n) is 10.3. The van der Waals surface area contributed by atoms with Crippen molar-refractivity contribution in [2.45, 2.75) is 19.7 Å². The van der Waals surface area contributed by atoms with Gasteiger partial charge >= 0.3 is 0 Å². The Hall–Kier alpha value is -2.63. The van der Waals surface area contributed by atoms with Crippen molar-refractivity contribution in [3.05, 3.63) is 99.5 Å². The summed E-state index contributed by atoms with van der Waals surface area (Å²) in [5.41, 5.74) is 3.13. The van der Waals surface area contributed by atoms with Crippen molar-refractivity contribution >= 4 is 34.0 Å². The lowest BCUT2D eigenvalue weighted by Gasteiger charge is -2.16. The maximum atomic E-state index is 6.33. The average molecular weight is 502 g/mol. The van der Waals surface area contributed by atoms with Crippen LogP contribution in [0.15, 0.2) is 72.8 Å². The lowest BCUT2D eigenvalue weighted by molar-refractivity contribution is -0.00000800. The fourth-order valence-electron chi connectivity index (χ4n) is 3.81. The molecule has 0 amide bonds. The molecule has 5 rings (SSSR count). The van der Waals surface area contributed by atoms with Gasteiger partial charge < -0.3 is 31.9 Å². The van der Waals surface area contributed by atoms with E-state index in [1.165, 1.54) is 5.39 Å². The predicted molar refractivity (Wildman–Crippen MR) is 128 cm³/mol. The van der Waals surface area contributed by atoms with E-state index in [2.05, 4.69) is 23.5 Å². The van der Waals surface area contributed by atoms with Crippen molar-refractivity contribution in [2.24, 2.45) is 0 Å². The molecule has 0 unspecified atom stereocenters. The SMILES string of the molecule is Clc1ccc(COc2ccc3ccccc3c2CNCc2ccc3c(c2)OCO3)c(Cl)c1.[Cl-]. The van der Waals surface area contributed by atoms with E-state index in [0.29, 0.717) is 29.7 Å². The summed E-state index contributed by atoms with van der Waals surface area (Å²) in [6, 6.07) is 23.9. The summed E-state index contributed by atoms with van der Waals surface area (Å²) in [5.74, 6) is 2.41. The predicted octanol–water partition coefficient (Wildman–Crippen LogP) is 3.75. The van der Waals surface area contributed by atoms with Gasteiger partial charge in [0.25, 0.3) is 0 Å². The van der Waals surface area contributed by atoms with Gasteiger partial charge in [0, 0.05) is 34.3 Å². The monoisotopic (exact) mass is 500 g/mol. The van der Waals surface area contributed by atoms with E-state index >= 15 is 0 Å². The second-order valence-corrected chi connectivity index (χ2v) is 8.42. The maximum Gasteiger partial charge on any atom is 0.231 e. The smallest absolute Gasteiger partial charge is 0.231 e. The van der Waals surface area contributed by atoms with E-state index in [4.69, 9.17) is 37.4 Å². The number of rotatable bonds is 7. The van der Waals surface area contributed by atoms with Crippen molar-refractivity contribution in [2.75, 3.05) is 6.79 Å².